The fourth-order valence-corrected chi connectivity index (χ4v) is 3.45. The summed E-state index contributed by atoms with van der Waals surface area (Å²) in [6, 6.07) is 4.14. The van der Waals surface area contributed by atoms with Crippen molar-refractivity contribution >= 4 is 39.1 Å². The number of aliphatic imine (C=N–C) groups is 1. The molecular formula is C15H25BrN4OS. The normalized spacial score (nSPS) is 12.2. The number of carbonyl (C=O) groups excluding carboxylic acids is 1. The highest BCUT2D eigenvalue weighted by Gasteiger charge is 2.27. The van der Waals surface area contributed by atoms with Gasteiger partial charge in [-0.2, -0.15) is 0 Å². The molecule has 5 nitrogen and oxygen atoms in total. The summed E-state index contributed by atoms with van der Waals surface area (Å²) in [6.45, 7) is 7.72. The fraction of sp³-hybridized carbons (Fsp3) is 0.600. The van der Waals surface area contributed by atoms with E-state index in [0.717, 1.165) is 16.3 Å². The zero-order valence-corrected chi connectivity index (χ0v) is 16.3. The number of nitrogens with zero attached hydrogens (tertiary/aromatic N) is 2. The first-order valence-electron chi connectivity index (χ1n) is 7.24. The van der Waals surface area contributed by atoms with Crippen molar-refractivity contribution in [3.63, 3.8) is 0 Å². The zero-order chi connectivity index (χ0) is 16.8. The number of nitrogens with one attached hydrogen (secondary N) is 2. The SMILES string of the molecule is CCNC(=O)C(C)(C)CNC(=NC)N(C)Cc1ccc(Br)s1. The van der Waals surface area contributed by atoms with Gasteiger partial charge in [0.25, 0.3) is 0 Å². The van der Waals surface area contributed by atoms with Gasteiger partial charge in [0.05, 0.1) is 15.7 Å². The summed E-state index contributed by atoms with van der Waals surface area (Å²) >= 11 is 5.18. The van der Waals surface area contributed by atoms with Crippen LogP contribution in [0, 0.1) is 5.41 Å². The van der Waals surface area contributed by atoms with Crippen molar-refractivity contribution in [2.45, 2.75) is 27.3 Å². The molecular weight excluding hydrogens is 364 g/mol. The van der Waals surface area contributed by atoms with Crippen LogP contribution in [0.4, 0.5) is 0 Å². The van der Waals surface area contributed by atoms with E-state index < -0.39 is 5.41 Å². The van der Waals surface area contributed by atoms with Crippen molar-refractivity contribution in [2.24, 2.45) is 10.4 Å². The minimum absolute atomic E-state index is 0.0443. The predicted molar refractivity (Wildman–Crippen MR) is 97.3 cm³/mol. The summed E-state index contributed by atoms with van der Waals surface area (Å²) in [4.78, 5) is 19.6. The lowest BCUT2D eigenvalue weighted by atomic mass is 9.92. The number of hydrogen-bond acceptors (Lipinski definition) is 3. The molecule has 0 saturated heterocycles. The van der Waals surface area contributed by atoms with Gasteiger partial charge in [-0.25, -0.2) is 0 Å². The molecule has 2 N–H and O–H groups in total. The van der Waals surface area contributed by atoms with Gasteiger partial charge in [-0.1, -0.05) is 0 Å². The van der Waals surface area contributed by atoms with Gasteiger partial charge >= 0.3 is 0 Å². The Labute approximate surface area is 145 Å². The Kier molecular flexibility index (Phi) is 7.35. The Bertz CT molecular complexity index is 527. The molecule has 0 spiro atoms. The molecule has 0 aliphatic rings. The third-order valence-corrected chi connectivity index (χ3v) is 4.84. The highest BCUT2D eigenvalue weighted by atomic mass is 79.9. The van der Waals surface area contributed by atoms with Crippen LogP contribution in [0.1, 0.15) is 25.6 Å². The van der Waals surface area contributed by atoms with Gasteiger partial charge in [0.1, 0.15) is 0 Å². The molecule has 0 aliphatic heterocycles. The van der Waals surface area contributed by atoms with Gasteiger partial charge in [0.15, 0.2) is 5.96 Å². The van der Waals surface area contributed by atoms with E-state index in [2.05, 4.69) is 37.6 Å². The molecule has 124 valence electrons. The van der Waals surface area contributed by atoms with E-state index in [0.29, 0.717) is 13.1 Å². The molecule has 0 bridgehead atoms. The first-order chi connectivity index (χ1) is 10.3. The topological polar surface area (TPSA) is 56.7 Å². The van der Waals surface area contributed by atoms with Gasteiger partial charge in [0, 0.05) is 32.1 Å². The number of rotatable bonds is 6. The highest BCUT2D eigenvalue weighted by molar-refractivity contribution is 9.11. The minimum atomic E-state index is -0.487. The van der Waals surface area contributed by atoms with E-state index in [4.69, 9.17) is 0 Å². The molecule has 1 aromatic rings. The van der Waals surface area contributed by atoms with E-state index in [1.165, 1.54) is 4.88 Å². The number of amides is 1. The molecule has 0 aromatic carbocycles. The van der Waals surface area contributed by atoms with Gasteiger partial charge in [0.2, 0.25) is 5.91 Å². The van der Waals surface area contributed by atoms with E-state index in [1.54, 1.807) is 18.4 Å². The van der Waals surface area contributed by atoms with Crippen LogP contribution in [0.15, 0.2) is 20.9 Å². The van der Waals surface area contributed by atoms with Gasteiger partial charge < -0.3 is 15.5 Å². The number of thiophene rings is 1. The molecule has 0 unspecified atom stereocenters. The number of halogens is 1. The highest BCUT2D eigenvalue weighted by Crippen LogP contribution is 2.23. The van der Waals surface area contributed by atoms with Crippen LogP contribution in [0.25, 0.3) is 0 Å². The first kappa shape index (κ1) is 19.0. The molecule has 0 saturated carbocycles. The van der Waals surface area contributed by atoms with E-state index in [-0.39, 0.29) is 5.91 Å². The monoisotopic (exact) mass is 388 g/mol. The fourth-order valence-electron chi connectivity index (χ4n) is 1.91. The summed E-state index contributed by atoms with van der Waals surface area (Å²) in [5.74, 6) is 0.824. The van der Waals surface area contributed by atoms with Crippen LogP contribution in [-0.2, 0) is 11.3 Å². The summed E-state index contributed by atoms with van der Waals surface area (Å²) < 4.78 is 1.12. The minimum Gasteiger partial charge on any atom is -0.356 e. The van der Waals surface area contributed by atoms with Crippen molar-refractivity contribution in [3.05, 3.63) is 20.8 Å². The maximum absolute atomic E-state index is 12.0. The Hall–Kier alpha value is -1.08. The summed E-state index contributed by atoms with van der Waals surface area (Å²) in [5, 5.41) is 6.15. The van der Waals surface area contributed by atoms with Crippen molar-refractivity contribution < 1.29 is 4.79 Å². The zero-order valence-electron chi connectivity index (χ0n) is 13.9. The van der Waals surface area contributed by atoms with Crippen LogP contribution in [0.3, 0.4) is 0 Å². The van der Waals surface area contributed by atoms with Gasteiger partial charge in [-0.05, 0) is 48.8 Å². The lowest BCUT2D eigenvalue weighted by Crippen LogP contribution is -2.48. The van der Waals surface area contributed by atoms with Crippen molar-refractivity contribution in [1.82, 2.24) is 15.5 Å². The predicted octanol–water partition coefficient (Wildman–Crippen LogP) is 2.68. The van der Waals surface area contributed by atoms with Gasteiger partial charge in [-0.3, -0.25) is 9.79 Å². The maximum atomic E-state index is 12.0. The third-order valence-electron chi connectivity index (χ3n) is 3.24. The first-order valence-corrected chi connectivity index (χ1v) is 8.85. The Morgan fingerprint density at radius 1 is 1.41 bits per heavy atom. The number of guanidine groups is 1. The molecule has 1 aromatic heterocycles. The van der Waals surface area contributed by atoms with Gasteiger partial charge in [-0.15, -0.1) is 11.3 Å². The molecule has 0 radical (unpaired) electrons. The van der Waals surface area contributed by atoms with Crippen LogP contribution >= 0.6 is 27.3 Å². The van der Waals surface area contributed by atoms with Crippen LogP contribution in [-0.4, -0.2) is 44.0 Å². The smallest absolute Gasteiger partial charge is 0.227 e. The summed E-state index contributed by atoms with van der Waals surface area (Å²) in [6.07, 6.45) is 0. The van der Waals surface area contributed by atoms with Crippen LogP contribution in [0.5, 0.6) is 0 Å². The quantitative estimate of drug-likeness (QED) is 0.581. The molecule has 0 aliphatic carbocycles. The average molecular weight is 389 g/mol. The van der Waals surface area contributed by atoms with Crippen molar-refractivity contribution in [3.8, 4) is 0 Å². The number of hydrogen-bond donors (Lipinski definition) is 2. The molecule has 0 fully saturated rings. The molecule has 7 heteroatoms. The van der Waals surface area contributed by atoms with Crippen molar-refractivity contribution in [1.29, 1.82) is 0 Å². The standard InChI is InChI=1S/C15H25BrN4OS/c1-6-18-13(21)15(2,3)10-19-14(17-4)20(5)9-11-7-8-12(16)22-11/h7-8H,6,9-10H2,1-5H3,(H,17,19)(H,18,21). The average Bonchev–Trinajstić information content (AvgIpc) is 2.84. The summed E-state index contributed by atoms with van der Waals surface area (Å²) in [5.41, 5.74) is -0.487. The maximum Gasteiger partial charge on any atom is 0.227 e. The molecule has 1 rings (SSSR count). The lowest BCUT2D eigenvalue weighted by molar-refractivity contribution is -0.128. The Balaban J connectivity index is 2.59. The third kappa shape index (κ3) is 5.61. The van der Waals surface area contributed by atoms with E-state index in [1.807, 2.05) is 38.8 Å². The second-order valence-corrected chi connectivity index (χ2v) is 8.25. The second kappa shape index (κ2) is 8.53. The molecule has 1 heterocycles. The van der Waals surface area contributed by atoms with Crippen LogP contribution < -0.4 is 10.6 Å². The molecule has 22 heavy (non-hydrogen) atoms. The largest absolute Gasteiger partial charge is 0.356 e. The lowest BCUT2D eigenvalue weighted by Gasteiger charge is -2.27. The number of carbonyl (C=O) groups is 1. The molecule has 1 amide bonds. The van der Waals surface area contributed by atoms with E-state index in [9.17, 15) is 4.79 Å². The summed E-state index contributed by atoms with van der Waals surface area (Å²) in [7, 11) is 3.74. The van der Waals surface area contributed by atoms with E-state index >= 15 is 0 Å². The van der Waals surface area contributed by atoms with Crippen molar-refractivity contribution in [2.75, 3.05) is 27.2 Å². The second-order valence-electron chi connectivity index (χ2n) is 5.71. The Morgan fingerprint density at radius 3 is 2.59 bits per heavy atom. The van der Waals surface area contributed by atoms with Crippen LogP contribution in [0.2, 0.25) is 0 Å². The molecule has 0 atom stereocenters. The Morgan fingerprint density at radius 2 is 2.09 bits per heavy atom.